The second-order valence-corrected chi connectivity index (χ2v) is 8.85. The molecule has 0 fully saturated rings. The van der Waals surface area contributed by atoms with Crippen LogP contribution in [0.1, 0.15) is 30.9 Å². The van der Waals surface area contributed by atoms with E-state index in [0.29, 0.717) is 22.8 Å². The SMILES string of the molecule is CC1=NN(c2ccccc2)C(=O)C1C(c1ccc(C)cc1)C1C(=O)N(c2ccccc2)N=C1C. The van der Waals surface area contributed by atoms with Gasteiger partial charge in [0.05, 0.1) is 23.2 Å². The Bertz CT molecular complexity index is 1200. The molecule has 0 saturated heterocycles. The number of hydrazone groups is 2. The maximum absolute atomic E-state index is 13.8. The van der Waals surface area contributed by atoms with Gasteiger partial charge in [0.15, 0.2) is 0 Å². The van der Waals surface area contributed by atoms with E-state index in [2.05, 4.69) is 10.2 Å². The number of carbonyl (C=O) groups excluding carboxylic acids is 2. The number of hydrogen-bond donors (Lipinski definition) is 0. The molecule has 0 N–H and O–H groups in total. The molecule has 0 bridgehead atoms. The van der Waals surface area contributed by atoms with Crippen LogP contribution in [0.2, 0.25) is 0 Å². The first-order chi connectivity index (χ1) is 16.5. The number of rotatable bonds is 5. The molecule has 2 unspecified atom stereocenters. The van der Waals surface area contributed by atoms with Gasteiger partial charge in [0.2, 0.25) is 0 Å². The molecule has 5 rings (SSSR count). The predicted octanol–water partition coefficient (Wildman–Crippen LogP) is 5.16. The van der Waals surface area contributed by atoms with Crippen LogP contribution in [-0.4, -0.2) is 23.2 Å². The molecule has 2 aliphatic heterocycles. The molecule has 0 aliphatic carbocycles. The van der Waals surface area contributed by atoms with Gasteiger partial charge in [0, 0.05) is 17.3 Å². The second kappa shape index (κ2) is 8.71. The molecule has 2 aliphatic rings. The Labute approximate surface area is 199 Å². The molecule has 2 heterocycles. The van der Waals surface area contributed by atoms with Crippen LogP contribution in [0.5, 0.6) is 0 Å². The summed E-state index contributed by atoms with van der Waals surface area (Å²) in [6.45, 7) is 5.76. The van der Waals surface area contributed by atoms with Crippen molar-refractivity contribution < 1.29 is 9.59 Å². The van der Waals surface area contributed by atoms with Gasteiger partial charge in [0.25, 0.3) is 11.8 Å². The lowest BCUT2D eigenvalue weighted by Crippen LogP contribution is -2.40. The lowest BCUT2D eigenvalue weighted by molar-refractivity contribution is -0.122. The van der Waals surface area contributed by atoms with Gasteiger partial charge in [-0.15, -0.1) is 0 Å². The Morgan fingerprint density at radius 2 is 1.03 bits per heavy atom. The van der Waals surface area contributed by atoms with Gasteiger partial charge in [0.1, 0.15) is 0 Å². The molecular weight excluding hydrogens is 424 g/mol. The third-order valence-corrected chi connectivity index (χ3v) is 6.55. The van der Waals surface area contributed by atoms with E-state index in [4.69, 9.17) is 0 Å². The molecule has 0 spiro atoms. The van der Waals surface area contributed by atoms with E-state index < -0.39 is 17.8 Å². The van der Waals surface area contributed by atoms with Crippen LogP contribution in [0.25, 0.3) is 0 Å². The van der Waals surface area contributed by atoms with Crippen molar-refractivity contribution in [2.45, 2.75) is 26.7 Å². The molecule has 6 heteroatoms. The van der Waals surface area contributed by atoms with Crippen molar-refractivity contribution >= 4 is 34.6 Å². The van der Waals surface area contributed by atoms with E-state index in [1.165, 1.54) is 10.0 Å². The molecule has 2 atom stereocenters. The van der Waals surface area contributed by atoms with Crippen LogP contribution in [0.3, 0.4) is 0 Å². The van der Waals surface area contributed by atoms with Crippen molar-refractivity contribution in [2.75, 3.05) is 10.0 Å². The smallest absolute Gasteiger partial charge is 0.256 e. The summed E-state index contributed by atoms with van der Waals surface area (Å²) in [5, 5.41) is 12.2. The van der Waals surface area contributed by atoms with Gasteiger partial charge in [-0.25, -0.2) is 10.0 Å². The largest absolute Gasteiger partial charge is 0.272 e. The quantitative estimate of drug-likeness (QED) is 0.539. The molecule has 0 aromatic heterocycles. The minimum atomic E-state index is -0.572. The van der Waals surface area contributed by atoms with E-state index in [-0.39, 0.29) is 11.8 Å². The molecule has 0 saturated carbocycles. The Balaban J connectivity index is 1.57. The Morgan fingerprint density at radius 1 is 0.618 bits per heavy atom. The zero-order valence-corrected chi connectivity index (χ0v) is 19.4. The number of hydrogen-bond acceptors (Lipinski definition) is 4. The maximum atomic E-state index is 13.8. The summed E-state index contributed by atoms with van der Waals surface area (Å²) in [7, 11) is 0. The molecule has 0 radical (unpaired) electrons. The van der Waals surface area contributed by atoms with Crippen LogP contribution in [-0.2, 0) is 9.59 Å². The van der Waals surface area contributed by atoms with Crippen LogP contribution < -0.4 is 10.0 Å². The fourth-order valence-corrected chi connectivity index (χ4v) is 4.86. The third kappa shape index (κ3) is 3.71. The van der Waals surface area contributed by atoms with E-state index in [1.54, 1.807) is 0 Å². The number of benzene rings is 3. The van der Waals surface area contributed by atoms with E-state index >= 15 is 0 Å². The molecule has 3 aromatic carbocycles. The van der Waals surface area contributed by atoms with Crippen LogP contribution in [0, 0.1) is 18.8 Å². The van der Waals surface area contributed by atoms with Gasteiger partial charge < -0.3 is 0 Å². The minimum absolute atomic E-state index is 0.131. The Hall–Kier alpha value is -4.06. The molecule has 34 heavy (non-hydrogen) atoms. The molecule has 2 amide bonds. The zero-order chi connectivity index (χ0) is 23.8. The summed E-state index contributed by atoms with van der Waals surface area (Å²) in [5.74, 6) is -1.83. The molecule has 3 aromatic rings. The zero-order valence-electron chi connectivity index (χ0n) is 19.4. The van der Waals surface area contributed by atoms with Crippen molar-refractivity contribution in [3.63, 3.8) is 0 Å². The van der Waals surface area contributed by atoms with Gasteiger partial charge in [-0.05, 0) is 50.6 Å². The summed E-state index contributed by atoms with van der Waals surface area (Å²) in [4.78, 5) is 27.5. The van der Waals surface area contributed by atoms with Crippen molar-refractivity contribution in [3.8, 4) is 0 Å². The summed E-state index contributed by atoms with van der Waals surface area (Å²) in [6.07, 6.45) is 0. The van der Waals surface area contributed by atoms with Gasteiger partial charge in [-0.2, -0.15) is 10.2 Å². The van der Waals surface area contributed by atoms with Crippen LogP contribution in [0.4, 0.5) is 11.4 Å². The molecule has 170 valence electrons. The topological polar surface area (TPSA) is 65.3 Å². The highest BCUT2D eigenvalue weighted by Crippen LogP contribution is 2.42. The number of amides is 2. The highest BCUT2D eigenvalue weighted by molar-refractivity contribution is 6.19. The minimum Gasteiger partial charge on any atom is -0.272 e. The van der Waals surface area contributed by atoms with Gasteiger partial charge in [-0.1, -0.05) is 66.2 Å². The average Bonchev–Trinajstić information content (AvgIpc) is 3.32. The normalized spacial score (nSPS) is 21.0. The van der Waals surface area contributed by atoms with E-state index in [9.17, 15) is 9.59 Å². The summed E-state index contributed by atoms with van der Waals surface area (Å²) in [5.41, 5.74) is 4.86. The van der Waals surface area contributed by atoms with Crippen molar-refractivity contribution in [3.05, 3.63) is 96.1 Å². The lowest BCUT2D eigenvalue weighted by Gasteiger charge is -2.28. The number of anilines is 2. The standard InChI is InChI=1S/C28H26N4O2/c1-18-14-16-21(17-15-18)26(24-19(2)29-31(27(24)33)22-10-6-4-7-11-22)25-20(3)30-32(28(25)34)23-12-8-5-9-13-23/h4-17,24-26H,1-3H3. The van der Waals surface area contributed by atoms with Gasteiger partial charge in [-0.3, -0.25) is 9.59 Å². The number of aryl methyl sites for hydroxylation is 1. The van der Waals surface area contributed by atoms with Crippen LogP contribution >= 0.6 is 0 Å². The fourth-order valence-electron chi connectivity index (χ4n) is 4.86. The Morgan fingerprint density at radius 3 is 1.44 bits per heavy atom. The highest BCUT2D eigenvalue weighted by Gasteiger charge is 2.50. The number of carbonyl (C=O) groups is 2. The Kier molecular flexibility index (Phi) is 5.57. The average molecular weight is 451 g/mol. The first-order valence-electron chi connectivity index (χ1n) is 11.4. The van der Waals surface area contributed by atoms with E-state index in [1.807, 2.05) is 106 Å². The fraction of sp³-hybridized carbons (Fsp3) is 0.214. The van der Waals surface area contributed by atoms with Crippen molar-refractivity contribution in [1.82, 2.24) is 0 Å². The van der Waals surface area contributed by atoms with Gasteiger partial charge >= 0.3 is 0 Å². The summed E-state index contributed by atoms with van der Waals surface area (Å²) >= 11 is 0. The number of para-hydroxylation sites is 2. The monoisotopic (exact) mass is 450 g/mol. The van der Waals surface area contributed by atoms with E-state index in [0.717, 1.165) is 11.1 Å². The van der Waals surface area contributed by atoms with Crippen molar-refractivity contribution in [2.24, 2.45) is 22.0 Å². The first-order valence-corrected chi connectivity index (χ1v) is 11.4. The predicted molar refractivity (Wildman–Crippen MR) is 135 cm³/mol. The lowest BCUT2D eigenvalue weighted by atomic mass is 9.73. The maximum Gasteiger partial charge on any atom is 0.256 e. The van der Waals surface area contributed by atoms with Crippen LogP contribution in [0.15, 0.2) is 95.1 Å². The second-order valence-electron chi connectivity index (χ2n) is 8.85. The highest BCUT2D eigenvalue weighted by atomic mass is 16.2. The summed E-state index contributed by atoms with van der Waals surface area (Å²) < 4.78 is 0. The number of nitrogens with zero attached hydrogens (tertiary/aromatic N) is 4. The molecular formula is C28H26N4O2. The van der Waals surface area contributed by atoms with Crippen molar-refractivity contribution in [1.29, 1.82) is 0 Å². The first kappa shape index (κ1) is 21.8. The third-order valence-electron chi connectivity index (χ3n) is 6.55. The molecule has 6 nitrogen and oxygen atoms in total. The summed E-state index contributed by atoms with van der Waals surface area (Å²) in [6, 6.07) is 26.9.